The lowest BCUT2D eigenvalue weighted by atomic mass is 10.1. The molecule has 0 spiro atoms. The molecule has 0 amide bonds. The van der Waals surface area contributed by atoms with E-state index in [9.17, 15) is 9.90 Å². The first-order chi connectivity index (χ1) is 9.52. The maximum atomic E-state index is 11.3. The molecule has 1 aromatic heterocycles. The topological polar surface area (TPSA) is 64.4 Å². The highest BCUT2D eigenvalue weighted by molar-refractivity contribution is 5.94. The number of ether oxygens (including phenoxy) is 1. The lowest BCUT2D eigenvalue weighted by Gasteiger charge is -2.05. The second kappa shape index (κ2) is 5.77. The van der Waals surface area contributed by atoms with Crippen LogP contribution in [0.4, 0.5) is 0 Å². The van der Waals surface area contributed by atoms with E-state index >= 15 is 0 Å². The van der Waals surface area contributed by atoms with Gasteiger partial charge in [-0.15, -0.1) is 0 Å². The normalized spacial score (nSPS) is 10.8. The Morgan fingerprint density at radius 2 is 2.00 bits per heavy atom. The molecule has 2 aromatic rings. The molecule has 0 aliphatic rings. The second-order valence-corrected chi connectivity index (χ2v) is 4.73. The van der Waals surface area contributed by atoms with Crippen LogP contribution in [0.1, 0.15) is 37.2 Å². The number of carbonyl (C=O) groups is 1. The Bertz CT molecular complexity index is 600. The molecule has 1 N–H and O–H groups in total. The van der Waals surface area contributed by atoms with Crippen molar-refractivity contribution in [3.8, 4) is 17.0 Å². The van der Waals surface area contributed by atoms with Crippen molar-refractivity contribution in [1.29, 1.82) is 0 Å². The summed E-state index contributed by atoms with van der Waals surface area (Å²) in [7, 11) is 0. The third-order valence-electron chi connectivity index (χ3n) is 2.93. The zero-order chi connectivity index (χ0) is 14.7. The number of aromatic carboxylic acids is 1. The van der Waals surface area contributed by atoms with Crippen LogP contribution in [-0.2, 0) is 0 Å². The van der Waals surface area contributed by atoms with Gasteiger partial charge < -0.3 is 9.84 Å². The smallest absolute Gasteiger partial charge is 0.339 e. The summed E-state index contributed by atoms with van der Waals surface area (Å²) in [5.74, 6) is -0.211. The molecule has 20 heavy (non-hydrogen) atoms. The van der Waals surface area contributed by atoms with Gasteiger partial charge in [0.2, 0.25) is 0 Å². The Labute approximate surface area is 117 Å². The predicted octanol–water partition coefficient (Wildman–Crippen LogP) is 3.23. The van der Waals surface area contributed by atoms with E-state index < -0.39 is 5.97 Å². The van der Waals surface area contributed by atoms with E-state index in [0.717, 1.165) is 11.3 Å². The fourth-order valence-electron chi connectivity index (χ4n) is 1.90. The monoisotopic (exact) mass is 274 g/mol. The van der Waals surface area contributed by atoms with Gasteiger partial charge in [0, 0.05) is 17.8 Å². The molecule has 0 unspecified atom stereocenters. The Kier molecular flexibility index (Phi) is 4.08. The first kappa shape index (κ1) is 14.1. The number of nitrogens with zero attached hydrogens (tertiary/aromatic N) is 2. The summed E-state index contributed by atoms with van der Waals surface area (Å²) in [6.07, 6.45) is 1.57. The van der Waals surface area contributed by atoms with Gasteiger partial charge in [0.25, 0.3) is 0 Å². The molecule has 0 aliphatic heterocycles. The first-order valence-electron chi connectivity index (χ1n) is 6.58. The lowest BCUT2D eigenvalue weighted by molar-refractivity contribution is 0.0697. The van der Waals surface area contributed by atoms with Gasteiger partial charge in [-0.2, -0.15) is 5.10 Å². The van der Waals surface area contributed by atoms with Crippen molar-refractivity contribution in [3.63, 3.8) is 0 Å². The van der Waals surface area contributed by atoms with Crippen LogP contribution in [0.2, 0.25) is 0 Å². The molecular weight excluding hydrogens is 256 g/mol. The maximum Gasteiger partial charge on any atom is 0.339 e. The average molecular weight is 274 g/mol. The van der Waals surface area contributed by atoms with Crippen LogP contribution < -0.4 is 4.74 Å². The standard InChI is InChI=1S/C15H18N2O3/c1-4-20-12-7-5-11(6-8-12)14-13(15(18)19)9-17(16-14)10(2)3/h5-10H,4H2,1-3H3,(H,18,19). The van der Waals surface area contributed by atoms with Gasteiger partial charge in [-0.05, 0) is 45.0 Å². The predicted molar refractivity (Wildman–Crippen MR) is 76.2 cm³/mol. The van der Waals surface area contributed by atoms with Crippen LogP contribution in [0.15, 0.2) is 30.5 Å². The van der Waals surface area contributed by atoms with Gasteiger partial charge in [0.1, 0.15) is 17.0 Å². The molecular formula is C15H18N2O3. The number of aromatic nitrogens is 2. The molecule has 0 bridgehead atoms. The molecule has 0 aliphatic carbocycles. The van der Waals surface area contributed by atoms with Crippen LogP contribution in [0.5, 0.6) is 5.75 Å². The molecule has 0 saturated carbocycles. The maximum absolute atomic E-state index is 11.3. The van der Waals surface area contributed by atoms with E-state index in [1.54, 1.807) is 10.9 Å². The molecule has 1 aromatic carbocycles. The first-order valence-corrected chi connectivity index (χ1v) is 6.58. The summed E-state index contributed by atoms with van der Waals surface area (Å²) < 4.78 is 7.04. The minimum atomic E-state index is -0.971. The van der Waals surface area contributed by atoms with Gasteiger partial charge in [-0.1, -0.05) is 0 Å². The zero-order valence-electron chi connectivity index (χ0n) is 11.8. The van der Waals surface area contributed by atoms with Crippen LogP contribution in [-0.4, -0.2) is 27.5 Å². The SMILES string of the molecule is CCOc1ccc(-c2nn(C(C)C)cc2C(=O)O)cc1. The van der Waals surface area contributed by atoms with E-state index in [4.69, 9.17) is 4.74 Å². The molecule has 106 valence electrons. The quantitative estimate of drug-likeness (QED) is 0.909. The van der Waals surface area contributed by atoms with Crippen molar-refractivity contribution in [2.24, 2.45) is 0 Å². The van der Waals surface area contributed by atoms with Crippen LogP contribution in [0.25, 0.3) is 11.3 Å². The number of rotatable bonds is 5. The Morgan fingerprint density at radius 3 is 2.50 bits per heavy atom. The second-order valence-electron chi connectivity index (χ2n) is 4.73. The lowest BCUT2D eigenvalue weighted by Crippen LogP contribution is -2.00. The Morgan fingerprint density at radius 1 is 1.35 bits per heavy atom. The van der Waals surface area contributed by atoms with Crippen molar-refractivity contribution < 1.29 is 14.6 Å². The molecule has 1 heterocycles. The number of carboxylic acids is 1. The number of carboxylic acid groups (broad SMARTS) is 1. The van der Waals surface area contributed by atoms with Gasteiger partial charge in [0.15, 0.2) is 0 Å². The Hall–Kier alpha value is -2.30. The molecule has 5 nitrogen and oxygen atoms in total. The van der Waals surface area contributed by atoms with E-state index in [0.29, 0.717) is 12.3 Å². The highest BCUT2D eigenvalue weighted by Gasteiger charge is 2.18. The van der Waals surface area contributed by atoms with Gasteiger partial charge in [0.05, 0.1) is 6.61 Å². The largest absolute Gasteiger partial charge is 0.494 e. The van der Waals surface area contributed by atoms with E-state index in [2.05, 4.69) is 5.10 Å². The molecule has 5 heteroatoms. The summed E-state index contributed by atoms with van der Waals surface area (Å²) in [5, 5.41) is 13.7. The third kappa shape index (κ3) is 2.82. The highest BCUT2D eigenvalue weighted by atomic mass is 16.5. The van der Waals surface area contributed by atoms with Crippen molar-refractivity contribution in [2.45, 2.75) is 26.8 Å². The molecule has 2 rings (SSSR count). The van der Waals surface area contributed by atoms with E-state index in [-0.39, 0.29) is 11.6 Å². The summed E-state index contributed by atoms with van der Waals surface area (Å²) in [6.45, 7) is 6.43. The fourth-order valence-corrected chi connectivity index (χ4v) is 1.90. The fraction of sp³-hybridized carbons (Fsp3) is 0.333. The summed E-state index contributed by atoms with van der Waals surface area (Å²) >= 11 is 0. The van der Waals surface area contributed by atoms with E-state index in [1.165, 1.54) is 0 Å². The average Bonchev–Trinajstić information content (AvgIpc) is 2.85. The van der Waals surface area contributed by atoms with Crippen molar-refractivity contribution in [3.05, 3.63) is 36.0 Å². The summed E-state index contributed by atoms with van der Waals surface area (Å²) in [5.41, 5.74) is 1.46. The molecule has 0 fully saturated rings. The van der Waals surface area contributed by atoms with Gasteiger partial charge in [-0.25, -0.2) is 4.79 Å². The third-order valence-corrected chi connectivity index (χ3v) is 2.93. The van der Waals surface area contributed by atoms with Crippen LogP contribution in [0.3, 0.4) is 0 Å². The Balaban J connectivity index is 2.42. The van der Waals surface area contributed by atoms with Crippen LogP contribution in [0, 0.1) is 0 Å². The number of benzene rings is 1. The van der Waals surface area contributed by atoms with E-state index in [1.807, 2.05) is 45.0 Å². The molecule has 0 radical (unpaired) electrons. The van der Waals surface area contributed by atoms with Gasteiger partial charge >= 0.3 is 5.97 Å². The number of hydrogen-bond donors (Lipinski definition) is 1. The number of hydrogen-bond acceptors (Lipinski definition) is 3. The van der Waals surface area contributed by atoms with Crippen molar-refractivity contribution in [2.75, 3.05) is 6.61 Å². The summed E-state index contributed by atoms with van der Waals surface area (Å²) in [4.78, 5) is 11.3. The summed E-state index contributed by atoms with van der Waals surface area (Å²) in [6, 6.07) is 7.40. The molecule has 0 atom stereocenters. The van der Waals surface area contributed by atoms with Crippen molar-refractivity contribution in [1.82, 2.24) is 9.78 Å². The minimum Gasteiger partial charge on any atom is -0.494 e. The minimum absolute atomic E-state index is 0.115. The zero-order valence-corrected chi connectivity index (χ0v) is 11.8. The van der Waals surface area contributed by atoms with Gasteiger partial charge in [-0.3, -0.25) is 4.68 Å². The van der Waals surface area contributed by atoms with Crippen LogP contribution >= 0.6 is 0 Å². The molecule has 0 saturated heterocycles. The van der Waals surface area contributed by atoms with Crippen molar-refractivity contribution >= 4 is 5.97 Å². The highest BCUT2D eigenvalue weighted by Crippen LogP contribution is 2.25.